The second kappa shape index (κ2) is 14.8. The van der Waals surface area contributed by atoms with Gasteiger partial charge in [-0.25, -0.2) is 4.39 Å². The summed E-state index contributed by atoms with van der Waals surface area (Å²) in [7, 11) is 0. The van der Waals surface area contributed by atoms with Gasteiger partial charge >= 0.3 is 5.97 Å². The van der Waals surface area contributed by atoms with E-state index in [1.165, 1.54) is 17.8 Å². The molecule has 1 saturated heterocycles. The number of ether oxygens (including phenoxy) is 1. The van der Waals surface area contributed by atoms with Crippen LogP contribution in [0.1, 0.15) is 69.7 Å². The van der Waals surface area contributed by atoms with Crippen LogP contribution in [-0.4, -0.2) is 56.5 Å². The van der Waals surface area contributed by atoms with Crippen LogP contribution in [0.25, 0.3) is 6.08 Å². The van der Waals surface area contributed by atoms with Crippen LogP contribution in [0.4, 0.5) is 4.39 Å². The Balaban J connectivity index is 0.00000420. The molecule has 2 unspecified atom stereocenters. The second-order valence-corrected chi connectivity index (χ2v) is 11.3. The first-order valence-corrected chi connectivity index (χ1v) is 14.3. The summed E-state index contributed by atoms with van der Waals surface area (Å²) in [6.07, 6.45) is 8.25. The van der Waals surface area contributed by atoms with E-state index in [1.54, 1.807) is 32.0 Å². The maximum atomic E-state index is 14.9. The fourth-order valence-corrected chi connectivity index (χ4v) is 5.86. The lowest BCUT2D eigenvalue weighted by atomic mass is 9.93. The molecule has 1 aliphatic carbocycles. The standard InChI is InChI=1S/C29H36FN3O4S.ClH/c1-3-37-27(35)10-6-7-15-33-17-13-23(31-33)18-22-19-32(16-14-26(22)38-20(2)34)28(29(36)21-11-12-21)24-8-4-5-9-25(24)30;/h4-5,8-9,13,17-18,21,26,28H,3,6-7,10-12,14-16,19H2,1-2H3;1H/b22-18+;. The summed E-state index contributed by atoms with van der Waals surface area (Å²) >= 11 is 1.30. The summed E-state index contributed by atoms with van der Waals surface area (Å²) in [5.41, 5.74) is 2.21. The number of ketones is 1. The normalized spacial score (nSPS) is 19.4. The van der Waals surface area contributed by atoms with Crippen molar-refractivity contribution in [1.82, 2.24) is 14.7 Å². The van der Waals surface area contributed by atoms with Gasteiger partial charge in [-0.1, -0.05) is 30.0 Å². The van der Waals surface area contributed by atoms with E-state index in [9.17, 15) is 18.8 Å². The minimum absolute atomic E-state index is 0. The molecule has 1 aromatic carbocycles. The first-order chi connectivity index (χ1) is 18.4. The zero-order chi connectivity index (χ0) is 27.1. The molecule has 2 atom stereocenters. The third-order valence-electron chi connectivity index (χ3n) is 6.92. The predicted molar refractivity (Wildman–Crippen MR) is 153 cm³/mol. The van der Waals surface area contributed by atoms with Gasteiger partial charge in [0.2, 0.25) is 0 Å². The Bertz CT molecular complexity index is 1180. The monoisotopic (exact) mass is 577 g/mol. The number of thioether (sulfide) groups is 1. The smallest absolute Gasteiger partial charge is 0.305 e. The molecule has 0 N–H and O–H groups in total. The number of aryl methyl sites for hydroxylation is 1. The molecule has 2 heterocycles. The number of hydrogen-bond acceptors (Lipinski definition) is 7. The molecule has 212 valence electrons. The lowest BCUT2D eigenvalue weighted by molar-refractivity contribution is -0.143. The molecule has 1 saturated carbocycles. The van der Waals surface area contributed by atoms with Crippen LogP contribution in [0.15, 0.2) is 42.1 Å². The van der Waals surface area contributed by atoms with Crippen LogP contribution >= 0.6 is 24.2 Å². The largest absolute Gasteiger partial charge is 0.466 e. The summed E-state index contributed by atoms with van der Waals surface area (Å²) in [5.74, 6) is -0.461. The highest BCUT2D eigenvalue weighted by atomic mass is 35.5. The summed E-state index contributed by atoms with van der Waals surface area (Å²) in [6, 6.07) is 7.84. The van der Waals surface area contributed by atoms with Crippen LogP contribution in [0.5, 0.6) is 0 Å². The van der Waals surface area contributed by atoms with E-state index in [1.807, 2.05) is 23.0 Å². The number of unbranched alkanes of at least 4 members (excludes halogenated alkanes) is 1. The quantitative estimate of drug-likeness (QED) is 0.239. The second-order valence-electron chi connectivity index (χ2n) is 9.94. The zero-order valence-corrected chi connectivity index (χ0v) is 24.1. The Hall–Kier alpha value is -2.49. The van der Waals surface area contributed by atoms with Crippen LogP contribution in [0.2, 0.25) is 0 Å². The van der Waals surface area contributed by atoms with Gasteiger partial charge in [0.1, 0.15) is 5.82 Å². The van der Waals surface area contributed by atoms with E-state index in [4.69, 9.17) is 4.74 Å². The minimum atomic E-state index is -0.632. The number of carbonyl (C=O) groups excluding carboxylic acids is 3. The molecule has 7 nitrogen and oxygen atoms in total. The number of esters is 1. The fourth-order valence-electron chi connectivity index (χ4n) is 4.94. The van der Waals surface area contributed by atoms with Crippen molar-refractivity contribution in [3.05, 3.63) is 59.2 Å². The Morgan fingerprint density at radius 2 is 1.95 bits per heavy atom. The molecule has 4 rings (SSSR count). The molecule has 39 heavy (non-hydrogen) atoms. The number of Topliss-reactive ketones (excluding diaryl/α,β-unsaturated/α-hetero) is 1. The van der Waals surface area contributed by atoms with Crippen molar-refractivity contribution in [3.63, 3.8) is 0 Å². The molecule has 10 heteroatoms. The van der Waals surface area contributed by atoms with Crippen molar-refractivity contribution in [2.24, 2.45) is 5.92 Å². The Kier molecular flexibility index (Phi) is 11.8. The maximum Gasteiger partial charge on any atom is 0.305 e. The summed E-state index contributed by atoms with van der Waals surface area (Å²) in [5, 5.41) is 4.70. The zero-order valence-electron chi connectivity index (χ0n) is 22.5. The minimum Gasteiger partial charge on any atom is -0.466 e. The number of piperidine rings is 1. The first-order valence-electron chi connectivity index (χ1n) is 13.4. The number of hydrogen-bond donors (Lipinski definition) is 0. The third-order valence-corrected chi connectivity index (χ3v) is 8.07. The number of nitrogens with zero attached hydrogens (tertiary/aromatic N) is 3. The van der Waals surface area contributed by atoms with E-state index in [-0.39, 0.29) is 46.3 Å². The van der Waals surface area contributed by atoms with Crippen molar-refractivity contribution in [2.75, 3.05) is 19.7 Å². The number of carbonyl (C=O) groups is 3. The SMILES string of the molecule is CCOC(=O)CCCCn1ccc(/C=C2\CN(C(C(=O)C3CC3)c3ccccc3F)CCC2SC(C)=O)n1.Cl. The number of aromatic nitrogens is 2. The topological polar surface area (TPSA) is 81.5 Å². The van der Waals surface area contributed by atoms with Crippen molar-refractivity contribution < 1.29 is 23.5 Å². The fraction of sp³-hybridized carbons (Fsp3) is 0.517. The Labute approximate surface area is 239 Å². The first kappa shape index (κ1) is 31.0. The predicted octanol–water partition coefficient (Wildman–Crippen LogP) is 5.64. The van der Waals surface area contributed by atoms with Crippen LogP contribution in [0.3, 0.4) is 0 Å². The number of rotatable bonds is 12. The van der Waals surface area contributed by atoms with E-state index in [2.05, 4.69) is 10.00 Å². The number of likely N-dealkylation sites (tertiary alicyclic amines) is 1. The molecule has 2 aliphatic rings. The highest BCUT2D eigenvalue weighted by molar-refractivity contribution is 8.14. The Morgan fingerprint density at radius 1 is 1.18 bits per heavy atom. The van der Waals surface area contributed by atoms with Crippen molar-refractivity contribution >= 4 is 47.1 Å². The number of benzene rings is 1. The molecule has 0 spiro atoms. The van der Waals surface area contributed by atoms with Crippen molar-refractivity contribution in [2.45, 2.75) is 70.2 Å². The molecule has 2 aromatic rings. The third kappa shape index (κ3) is 8.75. The van der Waals surface area contributed by atoms with E-state index >= 15 is 0 Å². The van der Waals surface area contributed by atoms with Gasteiger partial charge in [-0.3, -0.25) is 24.0 Å². The van der Waals surface area contributed by atoms with E-state index < -0.39 is 6.04 Å². The van der Waals surface area contributed by atoms with Crippen LogP contribution in [-0.2, 0) is 25.7 Å². The molecule has 1 aliphatic heterocycles. The summed E-state index contributed by atoms with van der Waals surface area (Å²) in [4.78, 5) is 39.0. The average Bonchev–Trinajstić information content (AvgIpc) is 3.64. The average molecular weight is 578 g/mol. The van der Waals surface area contributed by atoms with Gasteiger partial charge in [-0.2, -0.15) is 5.10 Å². The van der Waals surface area contributed by atoms with Gasteiger partial charge in [0.05, 0.1) is 18.3 Å². The molecule has 0 amide bonds. The van der Waals surface area contributed by atoms with E-state index in [0.29, 0.717) is 44.6 Å². The molecular weight excluding hydrogens is 541 g/mol. The molecule has 0 radical (unpaired) electrons. The highest BCUT2D eigenvalue weighted by Crippen LogP contribution is 2.40. The van der Waals surface area contributed by atoms with Crippen molar-refractivity contribution in [1.29, 1.82) is 0 Å². The van der Waals surface area contributed by atoms with Gasteiger partial charge < -0.3 is 4.74 Å². The van der Waals surface area contributed by atoms with E-state index in [0.717, 1.165) is 37.0 Å². The van der Waals surface area contributed by atoms with Gasteiger partial charge in [-0.05, 0) is 62.8 Å². The lowest BCUT2D eigenvalue weighted by Gasteiger charge is -2.38. The lowest BCUT2D eigenvalue weighted by Crippen LogP contribution is -2.43. The maximum absolute atomic E-state index is 14.9. The summed E-state index contributed by atoms with van der Waals surface area (Å²) in [6.45, 7) is 5.52. The number of halogens is 2. The Morgan fingerprint density at radius 3 is 2.64 bits per heavy atom. The van der Waals surface area contributed by atoms with Crippen LogP contribution in [0, 0.1) is 11.7 Å². The van der Waals surface area contributed by atoms with Crippen LogP contribution < -0.4 is 0 Å². The molecule has 0 bridgehead atoms. The summed E-state index contributed by atoms with van der Waals surface area (Å²) < 4.78 is 21.7. The van der Waals surface area contributed by atoms with Gasteiger partial charge in [0.15, 0.2) is 10.9 Å². The van der Waals surface area contributed by atoms with Gasteiger partial charge in [0.25, 0.3) is 0 Å². The molecular formula is C29H37ClFN3O4S. The van der Waals surface area contributed by atoms with Gasteiger partial charge in [0, 0.05) is 55.9 Å². The van der Waals surface area contributed by atoms with Crippen molar-refractivity contribution in [3.8, 4) is 0 Å². The molecule has 1 aromatic heterocycles. The highest BCUT2D eigenvalue weighted by Gasteiger charge is 2.41. The molecule has 2 fully saturated rings. The van der Waals surface area contributed by atoms with Gasteiger partial charge in [-0.15, -0.1) is 12.4 Å².